The van der Waals surface area contributed by atoms with Crippen LogP contribution in [-0.4, -0.2) is 21.6 Å². The summed E-state index contributed by atoms with van der Waals surface area (Å²) in [5.74, 6) is -2.14. The summed E-state index contributed by atoms with van der Waals surface area (Å²) in [7, 11) is 0. The average Bonchev–Trinajstić information content (AvgIpc) is 3.15. The molecule has 9 heteroatoms. The van der Waals surface area contributed by atoms with E-state index in [9.17, 15) is 27.2 Å². The molecule has 0 unspecified atom stereocenters. The second-order valence-electron chi connectivity index (χ2n) is 7.06. The third-order valence-electron chi connectivity index (χ3n) is 4.97. The van der Waals surface area contributed by atoms with E-state index in [2.05, 4.69) is 5.10 Å². The number of carbonyl (C=O) groups is 2. The zero-order chi connectivity index (χ0) is 21.8. The second kappa shape index (κ2) is 6.79. The Labute approximate surface area is 168 Å². The van der Waals surface area contributed by atoms with Gasteiger partial charge >= 0.3 is 6.18 Å². The van der Waals surface area contributed by atoms with Crippen LogP contribution in [0.25, 0.3) is 0 Å². The van der Waals surface area contributed by atoms with Gasteiger partial charge in [0.15, 0.2) is 5.69 Å². The van der Waals surface area contributed by atoms with Gasteiger partial charge in [0.1, 0.15) is 5.82 Å². The number of hydrogen-bond donors (Lipinski definition) is 0. The summed E-state index contributed by atoms with van der Waals surface area (Å²) in [4.78, 5) is 26.2. The average molecular weight is 417 g/mol. The highest BCUT2D eigenvalue weighted by Crippen LogP contribution is 2.33. The number of rotatable bonds is 3. The van der Waals surface area contributed by atoms with Crippen molar-refractivity contribution in [3.8, 4) is 0 Å². The van der Waals surface area contributed by atoms with E-state index in [1.165, 1.54) is 29.8 Å². The molecule has 2 amide bonds. The predicted octanol–water partition coefficient (Wildman–Crippen LogP) is 4.51. The molecule has 5 nitrogen and oxygen atoms in total. The summed E-state index contributed by atoms with van der Waals surface area (Å²) in [5.41, 5.74) is 0.578. The van der Waals surface area contributed by atoms with E-state index in [-0.39, 0.29) is 23.4 Å². The minimum Gasteiger partial charge on any atom is -0.268 e. The third kappa shape index (κ3) is 3.16. The summed E-state index contributed by atoms with van der Waals surface area (Å²) in [6.07, 6.45) is -4.53. The van der Waals surface area contributed by atoms with Gasteiger partial charge in [-0.1, -0.05) is 18.2 Å². The van der Waals surface area contributed by atoms with Gasteiger partial charge in [-0.25, -0.2) is 9.29 Å². The molecular weight excluding hydrogens is 402 g/mol. The minimum absolute atomic E-state index is 0.00433. The number of nitrogens with zero attached hydrogens (tertiary/aromatic N) is 3. The largest absolute Gasteiger partial charge is 0.435 e. The first kappa shape index (κ1) is 19.8. The molecule has 0 spiro atoms. The smallest absolute Gasteiger partial charge is 0.268 e. The van der Waals surface area contributed by atoms with Gasteiger partial charge in [-0.2, -0.15) is 18.3 Å². The Bertz CT molecular complexity index is 1200. The Morgan fingerprint density at radius 3 is 2.33 bits per heavy atom. The maximum atomic E-state index is 14.0. The highest BCUT2D eigenvalue weighted by atomic mass is 19.4. The van der Waals surface area contributed by atoms with Gasteiger partial charge in [0.2, 0.25) is 0 Å². The summed E-state index contributed by atoms with van der Waals surface area (Å²) in [5, 5.41) is 3.60. The highest BCUT2D eigenvalue weighted by molar-refractivity contribution is 6.34. The molecule has 0 atom stereocenters. The number of benzene rings is 2. The second-order valence-corrected chi connectivity index (χ2v) is 7.06. The van der Waals surface area contributed by atoms with Gasteiger partial charge < -0.3 is 0 Å². The molecule has 1 aliphatic rings. The van der Waals surface area contributed by atoms with E-state index in [0.29, 0.717) is 16.8 Å². The third-order valence-corrected chi connectivity index (χ3v) is 4.97. The molecule has 0 N–H and O–H groups in total. The molecule has 0 fully saturated rings. The van der Waals surface area contributed by atoms with E-state index in [1.54, 1.807) is 19.1 Å². The Balaban J connectivity index is 1.64. The van der Waals surface area contributed by atoms with Crippen molar-refractivity contribution in [2.24, 2.45) is 0 Å². The summed E-state index contributed by atoms with van der Waals surface area (Å²) in [6.45, 7) is 3.27. The van der Waals surface area contributed by atoms with Gasteiger partial charge in [0.25, 0.3) is 11.8 Å². The maximum Gasteiger partial charge on any atom is 0.435 e. The van der Waals surface area contributed by atoms with Crippen LogP contribution in [0.15, 0.2) is 42.5 Å². The van der Waals surface area contributed by atoms with Crippen LogP contribution in [0.5, 0.6) is 0 Å². The van der Waals surface area contributed by atoms with E-state index in [4.69, 9.17) is 0 Å². The fourth-order valence-corrected chi connectivity index (χ4v) is 3.51. The SMILES string of the molecule is Cc1cc(Cn2nc(C(F)(F)F)cc2C)ccc1N1C(=O)c2cccc(F)c2C1=O. The van der Waals surface area contributed by atoms with E-state index < -0.39 is 29.5 Å². The lowest BCUT2D eigenvalue weighted by Crippen LogP contribution is -2.30. The van der Waals surface area contributed by atoms with Crippen molar-refractivity contribution < 1.29 is 27.2 Å². The number of carbonyl (C=O) groups excluding carboxylic acids is 2. The Kier molecular flexibility index (Phi) is 4.48. The lowest BCUT2D eigenvalue weighted by atomic mass is 10.1. The number of halogens is 4. The number of anilines is 1. The van der Waals surface area contributed by atoms with Crippen molar-refractivity contribution in [3.05, 3.63) is 81.9 Å². The monoisotopic (exact) mass is 417 g/mol. The van der Waals surface area contributed by atoms with Crippen molar-refractivity contribution >= 4 is 17.5 Å². The molecule has 1 aromatic heterocycles. The predicted molar refractivity (Wildman–Crippen MR) is 99.8 cm³/mol. The molecule has 30 heavy (non-hydrogen) atoms. The molecular formula is C21H15F4N3O2. The molecule has 0 saturated carbocycles. The number of fused-ring (bicyclic) bond motifs is 1. The zero-order valence-corrected chi connectivity index (χ0v) is 15.9. The van der Waals surface area contributed by atoms with Crippen LogP contribution in [0, 0.1) is 19.7 Å². The maximum absolute atomic E-state index is 14.0. The number of amides is 2. The molecule has 2 aromatic carbocycles. The normalized spacial score (nSPS) is 13.9. The molecule has 0 radical (unpaired) electrons. The number of imide groups is 1. The summed E-state index contributed by atoms with van der Waals surface area (Å²) in [6, 6.07) is 9.61. The molecule has 154 valence electrons. The van der Waals surface area contributed by atoms with E-state index in [1.807, 2.05) is 0 Å². The Hall–Kier alpha value is -3.49. The summed E-state index contributed by atoms with van der Waals surface area (Å²) < 4.78 is 53.8. The first-order valence-electron chi connectivity index (χ1n) is 8.96. The lowest BCUT2D eigenvalue weighted by molar-refractivity contribution is -0.141. The van der Waals surface area contributed by atoms with Gasteiger partial charge in [-0.3, -0.25) is 14.3 Å². The van der Waals surface area contributed by atoms with Crippen LogP contribution in [0.3, 0.4) is 0 Å². The van der Waals surface area contributed by atoms with Crippen molar-refractivity contribution in [2.45, 2.75) is 26.6 Å². The molecule has 4 rings (SSSR count). The van der Waals surface area contributed by atoms with Crippen LogP contribution in [0.4, 0.5) is 23.2 Å². The minimum atomic E-state index is -4.53. The first-order chi connectivity index (χ1) is 14.1. The van der Waals surface area contributed by atoms with Gasteiger partial charge in [-0.15, -0.1) is 0 Å². The quantitative estimate of drug-likeness (QED) is 0.466. The van der Waals surface area contributed by atoms with Crippen LogP contribution in [-0.2, 0) is 12.7 Å². The van der Waals surface area contributed by atoms with Crippen LogP contribution >= 0.6 is 0 Å². The number of hydrogen-bond acceptors (Lipinski definition) is 3. The van der Waals surface area contributed by atoms with E-state index in [0.717, 1.165) is 17.0 Å². The Morgan fingerprint density at radius 2 is 1.73 bits per heavy atom. The first-order valence-corrected chi connectivity index (χ1v) is 8.96. The molecule has 1 aliphatic heterocycles. The molecule has 0 bridgehead atoms. The number of aryl methyl sites for hydroxylation is 2. The van der Waals surface area contributed by atoms with Crippen molar-refractivity contribution in [3.63, 3.8) is 0 Å². The zero-order valence-electron chi connectivity index (χ0n) is 15.9. The highest BCUT2D eigenvalue weighted by Gasteiger charge is 2.39. The van der Waals surface area contributed by atoms with E-state index >= 15 is 0 Å². The van der Waals surface area contributed by atoms with Crippen molar-refractivity contribution in [2.75, 3.05) is 4.90 Å². The Morgan fingerprint density at radius 1 is 1.00 bits per heavy atom. The fraction of sp³-hybridized carbons (Fsp3) is 0.190. The standard InChI is InChI=1S/C21H15F4N3O2/c1-11-8-13(10-27-12(2)9-17(26-27)21(23,24)25)6-7-16(11)28-19(29)14-4-3-5-15(22)18(14)20(28)30/h3-9H,10H2,1-2H3. The van der Waals surface area contributed by atoms with Crippen LogP contribution in [0.1, 0.15) is 43.2 Å². The molecule has 3 aromatic rings. The summed E-state index contributed by atoms with van der Waals surface area (Å²) >= 11 is 0. The molecule has 2 heterocycles. The van der Waals surface area contributed by atoms with Crippen LogP contribution < -0.4 is 4.90 Å². The molecule has 0 aliphatic carbocycles. The number of alkyl halides is 3. The fourth-order valence-electron chi connectivity index (χ4n) is 3.51. The molecule has 0 saturated heterocycles. The lowest BCUT2D eigenvalue weighted by Gasteiger charge is -2.17. The van der Waals surface area contributed by atoms with Crippen LogP contribution in [0.2, 0.25) is 0 Å². The van der Waals surface area contributed by atoms with Gasteiger partial charge in [0, 0.05) is 5.69 Å². The van der Waals surface area contributed by atoms with Crippen molar-refractivity contribution in [1.82, 2.24) is 9.78 Å². The van der Waals surface area contributed by atoms with Crippen molar-refractivity contribution in [1.29, 1.82) is 0 Å². The van der Waals surface area contributed by atoms with Gasteiger partial charge in [-0.05, 0) is 49.2 Å². The number of aromatic nitrogens is 2. The topological polar surface area (TPSA) is 55.2 Å². The van der Waals surface area contributed by atoms with Gasteiger partial charge in [0.05, 0.1) is 23.4 Å².